The molecule has 1 aliphatic heterocycles. The van der Waals surface area contributed by atoms with E-state index in [1.165, 1.54) is 38.8 Å². The third kappa shape index (κ3) is 2.49. The van der Waals surface area contributed by atoms with E-state index >= 15 is 0 Å². The summed E-state index contributed by atoms with van der Waals surface area (Å²) in [5, 5.41) is 3.47. The maximum atomic E-state index is 3.47. The highest BCUT2D eigenvalue weighted by molar-refractivity contribution is 7.12. The molecule has 0 radical (unpaired) electrons. The van der Waals surface area contributed by atoms with Crippen molar-refractivity contribution in [2.75, 3.05) is 26.2 Å². The zero-order valence-electron chi connectivity index (χ0n) is 11.3. The van der Waals surface area contributed by atoms with Crippen molar-refractivity contribution in [3.63, 3.8) is 0 Å². The van der Waals surface area contributed by atoms with Gasteiger partial charge in [0, 0.05) is 42.0 Å². The second kappa shape index (κ2) is 5.72. The van der Waals surface area contributed by atoms with E-state index < -0.39 is 0 Å². The summed E-state index contributed by atoms with van der Waals surface area (Å²) in [6.07, 6.45) is 5.50. The number of nitrogens with zero attached hydrogens (tertiary/aromatic N) is 1. The Morgan fingerprint density at radius 3 is 2.67 bits per heavy atom. The van der Waals surface area contributed by atoms with Gasteiger partial charge in [0.25, 0.3) is 0 Å². The molecule has 1 atom stereocenters. The maximum Gasteiger partial charge on any atom is 0.0470 e. The number of rotatable bonds is 4. The predicted octanol–water partition coefficient (Wildman–Crippen LogP) is 3.06. The van der Waals surface area contributed by atoms with Crippen molar-refractivity contribution in [2.24, 2.45) is 5.92 Å². The normalized spacial score (nSPS) is 23.8. The smallest absolute Gasteiger partial charge is 0.0470 e. The van der Waals surface area contributed by atoms with Gasteiger partial charge in [0.2, 0.25) is 0 Å². The Kier molecular flexibility index (Phi) is 4.02. The highest BCUT2D eigenvalue weighted by Crippen LogP contribution is 2.43. The summed E-state index contributed by atoms with van der Waals surface area (Å²) in [5.41, 5.74) is 0. The quantitative estimate of drug-likeness (QED) is 0.899. The van der Waals surface area contributed by atoms with Gasteiger partial charge in [0.1, 0.15) is 0 Å². The molecule has 1 aromatic rings. The van der Waals surface area contributed by atoms with Crippen LogP contribution in [-0.2, 0) is 6.42 Å². The molecule has 1 N–H and O–H groups in total. The van der Waals surface area contributed by atoms with E-state index in [0.717, 1.165) is 19.0 Å². The molecule has 3 heteroatoms. The minimum absolute atomic E-state index is 0.714. The molecule has 0 aromatic carbocycles. The average Bonchev–Trinajstić information content (AvgIpc) is 2.83. The van der Waals surface area contributed by atoms with Crippen LogP contribution in [0.4, 0.5) is 0 Å². The summed E-state index contributed by atoms with van der Waals surface area (Å²) < 4.78 is 0. The van der Waals surface area contributed by atoms with Crippen LogP contribution in [0.5, 0.6) is 0 Å². The minimum Gasteiger partial charge on any atom is -0.314 e. The molecular formula is C15H24N2S. The van der Waals surface area contributed by atoms with Crippen LogP contribution in [0, 0.1) is 5.92 Å². The number of piperazine rings is 1. The Morgan fingerprint density at radius 2 is 2.11 bits per heavy atom. The molecular weight excluding hydrogens is 240 g/mol. The summed E-state index contributed by atoms with van der Waals surface area (Å²) in [4.78, 5) is 5.90. The van der Waals surface area contributed by atoms with Crippen LogP contribution in [0.1, 0.15) is 42.0 Å². The van der Waals surface area contributed by atoms with Gasteiger partial charge in [-0.1, -0.05) is 13.3 Å². The molecule has 1 aliphatic carbocycles. The van der Waals surface area contributed by atoms with E-state index in [-0.39, 0.29) is 0 Å². The van der Waals surface area contributed by atoms with Gasteiger partial charge in [-0.3, -0.25) is 4.90 Å². The standard InChI is InChI=1S/C15H24N2S/c1-2-13-6-7-14(18-13)15(12-4-3-5-12)17-10-8-16-9-11-17/h6-7,12,15-16H,2-5,8-11H2,1H3/t15-/m1/s1. The van der Waals surface area contributed by atoms with E-state index in [9.17, 15) is 0 Å². The van der Waals surface area contributed by atoms with Gasteiger partial charge in [-0.2, -0.15) is 0 Å². The topological polar surface area (TPSA) is 15.3 Å². The van der Waals surface area contributed by atoms with Crippen molar-refractivity contribution in [2.45, 2.75) is 38.6 Å². The van der Waals surface area contributed by atoms with Crippen molar-refractivity contribution >= 4 is 11.3 Å². The molecule has 1 saturated heterocycles. The molecule has 0 unspecified atom stereocenters. The molecule has 1 aromatic heterocycles. The Bertz CT molecular complexity index is 378. The summed E-state index contributed by atoms with van der Waals surface area (Å²) in [7, 11) is 0. The lowest BCUT2D eigenvalue weighted by atomic mass is 9.78. The lowest BCUT2D eigenvalue weighted by molar-refractivity contribution is 0.0860. The third-order valence-electron chi connectivity index (χ3n) is 4.46. The second-order valence-corrected chi connectivity index (χ2v) is 6.78. The Labute approximate surface area is 114 Å². The fraction of sp³-hybridized carbons (Fsp3) is 0.733. The number of hydrogen-bond donors (Lipinski definition) is 1. The summed E-state index contributed by atoms with van der Waals surface area (Å²) >= 11 is 2.05. The highest BCUT2D eigenvalue weighted by Gasteiger charge is 2.34. The molecule has 3 rings (SSSR count). The molecule has 18 heavy (non-hydrogen) atoms. The van der Waals surface area contributed by atoms with Gasteiger partial charge in [-0.15, -0.1) is 11.3 Å². The van der Waals surface area contributed by atoms with E-state index in [2.05, 4.69) is 40.6 Å². The first kappa shape index (κ1) is 12.6. The van der Waals surface area contributed by atoms with Gasteiger partial charge in [-0.05, 0) is 37.3 Å². The van der Waals surface area contributed by atoms with Gasteiger partial charge in [-0.25, -0.2) is 0 Å². The van der Waals surface area contributed by atoms with Crippen molar-refractivity contribution < 1.29 is 0 Å². The maximum absolute atomic E-state index is 3.47. The fourth-order valence-electron chi connectivity index (χ4n) is 3.17. The molecule has 0 bridgehead atoms. The molecule has 1 saturated carbocycles. The molecule has 2 fully saturated rings. The largest absolute Gasteiger partial charge is 0.314 e. The van der Waals surface area contributed by atoms with E-state index in [0.29, 0.717) is 6.04 Å². The van der Waals surface area contributed by atoms with Crippen LogP contribution in [0.3, 0.4) is 0 Å². The minimum atomic E-state index is 0.714. The average molecular weight is 264 g/mol. The summed E-state index contributed by atoms with van der Waals surface area (Å²) in [6, 6.07) is 5.45. The van der Waals surface area contributed by atoms with Crippen LogP contribution >= 0.6 is 11.3 Å². The molecule has 0 amide bonds. The van der Waals surface area contributed by atoms with Crippen LogP contribution < -0.4 is 5.32 Å². The molecule has 0 spiro atoms. The van der Waals surface area contributed by atoms with Crippen molar-refractivity contribution in [3.05, 3.63) is 21.9 Å². The van der Waals surface area contributed by atoms with Crippen LogP contribution in [0.25, 0.3) is 0 Å². The van der Waals surface area contributed by atoms with Gasteiger partial charge >= 0.3 is 0 Å². The van der Waals surface area contributed by atoms with E-state index in [1.807, 2.05) is 0 Å². The van der Waals surface area contributed by atoms with Crippen LogP contribution in [0.15, 0.2) is 12.1 Å². The van der Waals surface area contributed by atoms with E-state index in [4.69, 9.17) is 0 Å². The SMILES string of the molecule is CCc1ccc([C@@H](C2CCC2)N2CCNCC2)s1. The number of nitrogens with one attached hydrogen (secondary N) is 1. The lowest BCUT2D eigenvalue weighted by Crippen LogP contribution is -2.47. The number of hydrogen-bond acceptors (Lipinski definition) is 3. The first-order valence-corrected chi connectivity index (χ1v) is 8.23. The predicted molar refractivity (Wildman–Crippen MR) is 78.2 cm³/mol. The van der Waals surface area contributed by atoms with Gasteiger partial charge in [0.05, 0.1) is 0 Å². The molecule has 2 heterocycles. The second-order valence-electron chi connectivity index (χ2n) is 5.58. The molecule has 100 valence electrons. The molecule has 2 nitrogen and oxygen atoms in total. The summed E-state index contributed by atoms with van der Waals surface area (Å²) in [5.74, 6) is 0.923. The van der Waals surface area contributed by atoms with Crippen LogP contribution in [0.2, 0.25) is 0 Å². The van der Waals surface area contributed by atoms with Crippen molar-refractivity contribution in [1.29, 1.82) is 0 Å². The number of thiophene rings is 1. The zero-order chi connectivity index (χ0) is 12.4. The first-order chi connectivity index (χ1) is 8.88. The first-order valence-electron chi connectivity index (χ1n) is 7.42. The summed E-state index contributed by atoms with van der Waals surface area (Å²) in [6.45, 7) is 7.03. The van der Waals surface area contributed by atoms with E-state index in [1.54, 1.807) is 9.75 Å². The fourth-order valence-corrected chi connectivity index (χ4v) is 4.35. The third-order valence-corrected chi connectivity index (χ3v) is 5.76. The molecule has 2 aliphatic rings. The van der Waals surface area contributed by atoms with Crippen LogP contribution in [-0.4, -0.2) is 31.1 Å². The van der Waals surface area contributed by atoms with Crippen molar-refractivity contribution in [3.8, 4) is 0 Å². The van der Waals surface area contributed by atoms with Crippen molar-refractivity contribution in [1.82, 2.24) is 10.2 Å². The van der Waals surface area contributed by atoms with Gasteiger partial charge < -0.3 is 5.32 Å². The van der Waals surface area contributed by atoms with Gasteiger partial charge in [0.15, 0.2) is 0 Å². The Balaban J connectivity index is 1.79. The highest BCUT2D eigenvalue weighted by atomic mass is 32.1. The Morgan fingerprint density at radius 1 is 1.33 bits per heavy atom. The lowest BCUT2D eigenvalue weighted by Gasteiger charge is -2.42. The number of aryl methyl sites for hydroxylation is 1. The zero-order valence-corrected chi connectivity index (χ0v) is 12.1. The Hall–Kier alpha value is -0.380. The monoisotopic (exact) mass is 264 g/mol.